The first-order valence-corrected chi connectivity index (χ1v) is 9.05. The molecule has 0 aliphatic rings. The van der Waals surface area contributed by atoms with Crippen LogP contribution in [0.25, 0.3) is 22.0 Å². The number of hydrogen-bond donors (Lipinski definition) is 2. The third-order valence-electron chi connectivity index (χ3n) is 4.01. The van der Waals surface area contributed by atoms with Gasteiger partial charge in [0.05, 0.1) is 17.7 Å². The predicted molar refractivity (Wildman–Crippen MR) is 103 cm³/mol. The lowest BCUT2D eigenvalue weighted by molar-refractivity contribution is -0.136. The summed E-state index contributed by atoms with van der Waals surface area (Å²) in [7, 11) is 1.60. The van der Waals surface area contributed by atoms with E-state index in [1.54, 1.807) is 7.11 Å². The minimum absolute atomic E-state index is 0.165. The molecular formula is C20H19NO4S. The van der Waals surface area contributed by atoms with Crippen LogP contribution in [0.1, 0.15) is 6.42 Å². The number of rotatable bonds is 7. The Bertz CT molecular complexity index is 914. The largest absolute Gasteiger partial charge is 0.497 e. The summed E-state index contributed by atoms with van der Waals surface area (Å²) in [5, 5.41) is 19.3. The Morgan fingerprint density at radius 3 is 2.62 bits per heavy atom. The number of benzene rings is 2. The van der Waals surface area contributed by atoms with Gasteiger partial charge in [-0.15, -0.1) is 0 Å². The molecule has 0 saturated carbocycles. The summed E-state index contributed by atoms with van der Waals surface area (Å²) < 4.78 is 5.29. The molecule has 1 aromatic heterocycles. The lowest BCUT2D eigenvalue weighted by atomic mass is 10.0. The van der Waals surface area contributed by atoms with Crippen molar-refractivity contribution in [2.24, 2.45) is 0 Å². The summed E-state index contributed by atoms with van der Waals surface area (Å²) in [6, 6.07) is 17.5. The Kier molecular flexibility index (Phi) is 5.75. The first kappa shape index (κ1) is 18.2. The fourth-order valence-corrected chi connectivity index (χ4v) is 3.68. The molecule has 1 atom stereocenters. The quantitative estimate of drug-likeness (QED) is 0.616. The van der Waals surface area contributed by atoms with Gasteiger partial charge in [-0.3, -0.25) is 4.79 Å². The second kappa shape index (κ2) is 8.21. The van der Waals surface area contributed by atoms with Crippen LogP contribution in [0.4, 0.5) is 0 Å². The van der Waals surface area contributed by atoms with Gasteiger partial charge in [0.15, 0.2) is 0 Å². The molecule has 0 amide bonds. The van der Waals surface area contributed by atoms with Crippen LogP contribution in [-0.4, -0.2) is 40.1 Å². The summed E-state index contributed by atoms with van der Waals surface area (Å²) in [6.45, 7) is -0.184. The van der Waals surface area contributed by atoms with Crippen molar-refractivity contribution in [1.29, 1.82) is 0 Å². The summed E-state index contributed by atoms with van der Waals surface area (Å²) in [4.78, 5) is 16.0. The molecule has 2 aromatic carbocycles. The number of fused-ring (bicyclic) bond motifs is 1. The minimum Gasteiger partial charge on any atom is -0.497 e. The Hall–Kier alpha value is -2.57. The predicted octanol–water partition coefficient (Wildman–Crippen LogP) is 3.84. The molecule has 0 aliphatic carbocycles. The Labute approximate surface area is 155 Å². The topological polar surface area (TPSA) is 79.7 Å². The van der Waals surface area contributed by atoms with Crippen molar-refractivity contribution in [3.05, 3.63) is 54.6 Å². The Morgan fingerprint density at radius 1 is 1.19 bits per heavy atom. The fourth-order valence-electron chi connectivity index (χ4n) is 2.72. The van der Waals surface area contributed by atoms with Gasteiger partial charge in [-0.25, -0.2) is 4.98 Å². The van der Waals surface area contributed by atoms with Crippen molar-refractivity contribution in [2.45, 2.75) is 16.7 Å². The van der Waals surface area contributed by atoms with Crippen LogP contribution in [0, 0.1) is 0 Å². The van der Waals surface area contributed by atoms with Gasteiger partial charge in [-0.2, -0.15) is 0 Å². The van der Waals surface area contributed by atoms with Gasteiger partial charge < -0.3 is 14.9 Å². The van der Waals surface area contributed by atoms with Crippen molar-refractivity contribution in [1.82, 2.24) is 4.98 Å². The number of carboxylic acids is 1. The van der Waals surface area contributed by atoms with Crippen LogP contribution in [0.5, 0.6) is 5.75 Å². The first-order valence-electron chi connectivity index (χ1n) is 8.17. The molecule has 5 nitrogen and oxygen atoms in total. The lowest BCUT2D eigenvalue weighted by Crippen LogP contribution is -2.17. The van der Waals surface area contributed by atoms with E-state index in [9.17, 15) is 9.90 Å². The molecule has 1 heterocycles. The molecule has 0 bridgehead atoms. The molecule has 0 saturated heterocycles. The van der Waals surface area contributed by atoms with Gasteiger partial charge in [0.2, 0.25) is 0 Å². The third kappa shape index (κ3) is 3.98. The number of hydrogen-bond acceptors (Lipinski definition) is 5. The Morgan fingerprint density at radius 2 is 1.96 bits per heavy atom. The maximum Gasteiger partial charge on any atom is 0.317 e. The zero-order valence-corrected chi connectivity index (χ0v) is 15.1. The number of pyridine rings is 1. The molecule has 3 rings (SSSR count). The van der Waals surface area contributed by atoms with Crippen LogP contribution in [0.15, 0.2) is 59.6 Å². The van der Waals surface area contributed by atoms with Gasteiger partial charge in [-0.1, -0.05) is 42.1 Å². The van der Waals surface area contributed by atoms with Crippen molar-refractivity contribution in [3.8, 4) is 16.9 Å². The van der Waals surface area contributed by atoms with Crippen LogP contribution in [0.2, 0.25) is 0 Å². The van der Waals surface area contributed by atoms with E-state index in [1.807, 2.05) is 54.6 Å². The maximum atomic E-state index is 11.4. The summed E-state index contributed by atoms with van der Waals surface area (Å²) >= 11 is 1.15. The minimum atomic E-state index is -0.960. The molecule has 0 radical (unpaired) electrons. The van der Waals surface area contributed by atoms with Gasteiger partial charge in [0.1, 0.15) is 11.0 Å². The van der Waals surface area contributed by atoms with Crippen molar-refractivity contribution in [2.75, 3.05) is 13.7 Å². The monoisotopic (exact) mass is 369 g/mol. The van der Waals surface area contributed by atoms with Gasteiger partial charge in [-0.05, 0) is 35.7 Å². The van der Waals surface area contributed by atoms with Crippen molar-refractivity contribution >= 4 is 28.6 Å². The van der Waals surface area contributed by atoms with E-state index in [1.165, 1.54) is 0 Å². The highest BCUT2D eigenvalue weighted by atomic mass is 32.2. The molecule has 6 heteroatoms. The van der Waals surface area contributed by atoms with Gasteiger partial charge in [0.25, 0.3) is 0 Å². The zero-order valence-electron chi connectivity index (χ0n) is 14.3. The molecule has 26 heavy (non-hydrogen) atoms. The van der Waals surface area contributed by atoms with Crippen LogP contribution in [0.3, 0.4) is 0 Å². The van der Waals surface area contributed by atoms with Crippen LogP contribution >= 0.6 is 11.8 Å². The lowest BCUT2D eigenvalue weighted by Gasteiger charge is -2.14. The summed E-state index contributed by atoms with van der Waals surface area (Å²) in [5.74, 6) is -0.269. The van der Waals surface area contributed by atoms with Crippen molar-refractivity contribution < 1.29 is 19.7 Å². The second-order valence-corrected chi connectivity index (χ2v) is 6.94. The number of carboxylic acid groups (broad SMARTS) is 1. The second-order valence-electron chi connectivity index (χ2n) is 5.71. The molecule has 0 aliphatic heterocycles. The normalized spacial score (nSPS) is 12.1. The van der Waals surface area contributed by atoms with Gasteiger partial charge in [0, 0.05) is 18.1 Å². The molecule has 134 valence electrons. The number of aliphatic hydroxyl groups is 1. The number of aromatic nitrogens is 1. The maximum absolute atomic E-state index is 11.4. The number of thioether (sulfide) groups is 1. The molecule has 0 fully saturated rings. The van der Waals surface area contributed by atoms with Gasteiger partial charge >= 0.3 is 5.97 Å². The SMILES string of the molecule is COc1ccc2c(-c3ccccc3)cc(SC(CCO)C(=O)O)nc2c1. The van der Waals surface area contributed by atoms with E-state index in [4.69, 9.17) is 9.84 Å². The third-order valence-corrected chi connectivity index (χ3v) is 5.18. The average molecular weight is 369 g/mol. The number of methoxy groups -OCH3 is 1. The van der Waals surface area contributed by atoms with E-state index in [0.29, 0.717) is 10.8 Å². The molecule has 0 spiro atoms. The zero-order chi connectivity index (χ0) is 18.5. The Balaban J connectivity index is 2.13. The van der Waals surface area contributed by atoms with E-state index in [2.05, 4.69) is 4.98 Å². The van der Waals surface area contributed by atoms with E-state index in [-0.39, 0.29) is 13.0 Å². The fraction of sp³-hybridized carbons (Fsp3) is 0.200. The van der Waals surface area contributed by atoms with Crippen LogP contribution < -0.4 is 4.74 Å². The molecule has 2 N–H and O–H groups in total. The summed E-state index contributed by atoms with van der Waals surface area (Å²) in [5.41, 5.74) is 2.75. The number of carbonyl (C=O) groups is 1. The smallest absolute Gasteiger partial charge is 0.317 e. The summed E-state index contributed by atoms with van der Waals surface area (Å²) in [6.07, 6.45) is 0.165. The van der Waals surface area contributed by atoms with E-state index in [0.717, 1.165) is 33.8 Å². The number of nitrogens with zero attached hydrogens (tertiary/aromatic N) is 1. The molecular weight excluding hydrogens is 350 g/mol. The standard InChI is InChI=1S/C20H19NO4S/c1-25-14-7-8-15-16(13-5-3-2-4-6-13)12-19(21-17(15)11-14)26-18(9-10-22)20(23)24/h2-8,11-12,18,22H,9-10H2,1H3,(H,23,24). The number of aliphatic carboxylic acids is 1. The molecule has 3 aromatic rings. The highest BCUT2D eigenvalue weighted by Crippen LogP contribution is 2.35. The number of ether oxygens (including phenoxy) is 1. The first-order chi connectivity index (χ1) is 12.6. The van der Waals surface area contributed by atoms with E-state index >= 15 is 0 Å². The van der Waals surface area contributed by atoms with E-state index < -0.39 is 11.2 Å². The average Bonchev–Trinajstić information content (AvgIpc) is 2.67. The highest BCUT2D eigenvalue weighted by molar-refractivity contribution is 8.00. The van der Waals surface area contributed by atoms with Crippen molar-refractivity contribution in [3.63, 3.8) is 0 Å². The molecule has 1 unspecified atom stereocenters. The number of aliphatic hydroxyl groups excluding tert-OH is 1. The van der Waals surface area contributed by atoms with Crippen LogP contribution in [-0.2, 0) is 4.79 Å². The highest BCUT2D eigenvalue weighted by Gasteiger charge is 2.20.